The number of nitrogens with one attached hydrogen (secondary N) is 1. The molecule has 148 valence electrons. The van der Waals surface area contributed by atoms with E-state index in [1.807, 2.05) is 36.4 Å². The van der Waals surface area contributed by atoms with Crippen LogP contribution in [0.3, 0.4) is 0 Å². The highest BCUT2D eigenvalue weighted by Crippen LogP contribution is 2.25. The number of piperidine rings is 1. The summed E-state index contributed by atoms with van der Waals surface area (Å²) >= 11 is 0. The Hall–Kier alpha value is -2.33. The van der Waals surface area contributed by atoms with Gasteiger partial charge in [0, 0.05) is 18.5 Å². The van der Waals surface area contributed by atoms with E-state index in [9.17, 15) is 4.79 Å². The molecule has 0 bridgehead atoms. The van der Waals surface area contributed by atoms with Crippen molar-refractivity contribution in [3.63, 3.8) is 0 Å². The minimum absolute atomic E-state index is 0.185. The van der Waals surface area contributed by atoms with Gasteiger partial charge in [0.15, 0.2) is 0 Å². The van der Waals surface area contributed by atoms with Crippen LogP contribution in [-0.4, -0.2) is 29.9 Å². The smallest absolute Gasteiger partial charge is 0.223 e. The zero-order valence-electron chi connectivity index (χ0n) is 16.5. The fraction of sp³-hybridized carbons (Fsp3) is 0.458. The van der Waals surface area contributed by atoms with Crippen LogP contribution in [0, 0.1) is 5.92 Å². The van der Waals surface area contributed by atoms with Crippen LogP contribution in [0.25, 0.3) is 0 Å². The lowest BCUT2D eigenvalue weighted by molar-refractivity contribution is -0.127. The average molecular weight is 379 g/mol. The van der Waals surface area contributed by atoms with E-state index in [4.69, 9.17) is 4.74 Å². The SMILES string of the molecule is O=C(NC1CCCC1)C1CCN(Cc2cccc(Oc3ccccc3)c2)CC1. The Morgan fingerprint density at radius 2 is 1.64 bits per heavy atom. The number of hydrogen-bond donors (Lipinski definition) is 1. The number of rotatable bonds is 6. The molecule has 1 aliphatic carbocycles. The normalized spacial score (nSPS) is 18.9. The van der Waals surface area contributed by atoms with Crippen molar-refractivity contribution < 1.29 is 9.53 Å². The molecule has 1 aliphatic heterocycles. The Kier molecular flexibility index (Phi) is 6.27. The highest BCUT2D eigenvalue weighted by atomic mass is 16.5. The molecule has 2 aromatic rings. The minimum Gasteiger partial charge on any atom is -0.457 e. The zero-order valence-corrected chi connectivity index (χ0v) is 16.5. The van der Waals surface area contributed by atoms with Crippen molar-refractivity contribution >= 4 is 5.91 Å². The number of carbonyl (C=O) groups is 1. The van der Waals surface area contributed by atoms with Gasteiger partial charge in [-0.2, -0.15) is 0 Å². The fourth-order valence-corrected chi connectivity index (χ4v) is 4.33. The summed E-state index contributed by atoms with van der Waals surface area (Å²) in [4.78, 5) is 14.9. The summed E-state index contributed by atoms with van der Waals surface area (Å²) in [6, 6.07) is 18.6. The summed E-state index contributed by atoms with van der Waals surface area (Å²) in [6.07, 6.45) is 6.75. The van der Waals surface area contributed by atoms with Gasteiger partial charge in [-0.25, -0.2) is 0 Å². The molecule has 28 heavy (non-hydrogen) atoms. The Morgan fingerprint density at radius 1 is 0.929 bits per heavy atom. The molecule has 1 amide bonds. The maximum atomic E-state index is 12.5. The Balaban J connectivity index is 1.26. The highest BCUT2D eigenvalue weighted by Gasteiger charge is 2.27. The number of para-hydroxylation sites is 1. The molecule has 2 aliphatic rings. The van der Waals surface area contributed by atoms with E-state index in [0.717, 1.165) is 56.8 Å². The van der Waals surface area contributed by atoms with Crippen molar-refractivity contribution in [2.75, 3.05) is 13.1 Å². The van der Waals surface area contributed by atoms with E-state index in [1.54, 1.807) is 0 Å². The molecular formula is C24H30N2O2. The van der Waals surface area contributed by atoms with Gasteiger partial charge in [-0.3, -0.25) is 9.69 Å². The predicted octanol–water partition coefficient (Wildman–Crippen LogP) is 4.75. The topological polar surface area (TPSA) is 41.6 Å². The number of nitrogens with zero attached hydrogens (tertiary/aromatic N) is 1. The Labute approximate surface area is 167 Å². The quantitative estimate of drug-likeness (QED) is 0.789. The Morgan fingerprint density at radius 3 is 2.39 bits per heavy atom. The first-order chi connectivity index (χ1) is 13.8. The number of ether oxygens (including phenoxy) is 1. The number of likely N-dealkylation sites (tertiary alicyclic amines) is 1. The van der Waals surface area contributed by atoms with Crippen molar-refractivity contribution in [3.8, 4) is 11.5 Å². The van der Waals surface area contributed by atoms with Gasteiger partial charge in [0.1, 0.15) is 11.5 Å². The van der Waals surface area contributed by atoms with E-state index >= 15 is 0 Å². The molecular weight excluding hydrogens is 348 g/mol. The molecule has 0 spiro atoms. The third-order valence-electron chi connectivity index (χ3n) is 5.94. The molecule has 0 aromatic heterocycles. The molecule has 1 heterocycles. The standard InChI is InChI=1S/C24H30N2O2/c27-24(25-21-8-4-5-9-21)20-13-15-26(16-14-20)18-19-7-6-12-23(17-19)28-22-10-2-1-3-11-22/h1-3,6-7,10-12,17,20-21H,4-5,8-9,13-16,18H2,(H,25,27). The zero-order chi connectivity index (χ0) is 19.2. The van der Waals surface area contributed by atoms with Crippen LogP contribution in [0.15, 0.2) is 54.6 Å². The monoisotopic (exact) mass is 378 g/mol. The molecule has 1 N–H and O–H groups in total. The summed E-state index contributed by atoms with van der Waals surface area (Å²) < 4.78 is 5.95. The van der Waals surface area contributed by atoms with Crippen LogP contribution in [0.5, 0.6) is 11.5 Å². The molecule has 1 saturated carbocycles. The van der Waals surface area contributed by atoms with Crippen LogP contribution in [0.2, 0.25) is 0 Å². The van der Waals surface area contributed by atoms with Crippen molar-refractivity contribution in [2.45, 2.75) is 51.1 Å². The van der Waals surface area contributed by atoms with Gasteiger partial charge in [-0.05, 0) is 68.6 Å². The lowest BCUT2D eigenvalue weighted by atomic mass is 9.95. The molecule has 4 nitrogen and oxygen atoms in total. The van der Waals surface area contributed by atoms with Crippen LogP contribution < -0.4 is 10.1 Å². The molecule has 4 rings (SSSR count). The van der Waals surface area contributed by atoms with Crippen molar-refractivity contribution in [1.82, 2.24) is 10.2 Å². The minimum atomic E-state index is 0.185. The van der Waals surface area contributed by atoms with E-state index in [0.29, 0.717) is 6.04 Å². The van der Waals surface area contributed by atoms with Gasteiger partial charge in [0.25, 0.3) is 0 Å². The maximum Gasteiger partial charge on any atom is 0.223 e. The van der Waals surface area contributed by atoms with E-state index in [-0.39, 0.29) is 11.8 Å². The van der Waals surface area contributed by atoms with Gasteiger partial charge in [0.05, 0.1) is 0 Å². The third kappa shape index (κ3) is 5.14. The molecule has 4 heteroatoms. The summed E-state index contributed by atoms with van der Waals surface area (Å²) in [6.45, 7) is 2.86. The van der Waals surface area contributed by atoms with Gasteiger partial charge >= 0.3 is 0 Å². The first-order valence-electron chi connectivity index (χ1n) is 10.6. The average Bonchev–Trinajstić information content (AvgIpc) is 3.23. The van der Waals surface area contributed by atoms with Gasteiger partial charge in [-0.1, -0.05) is 43.2 Å². The molecule has 0 unspecified atom stereocenters. The highest BCUT2D eigenvalue weighted by molar-refractivity contribution is 5.79. The first-order valence-corrected chi connectivity index (χ1v) is 10.6. The fourth-order valence-electron chi connectivity index (χ4n) is 4.33. The second-order valence-electron chi connectivity index (χ2n) is 8.10. The predicted molar refractivity (Wildman–Crippen MR) is 111 cm³/mol. The summed E-state index contributed by atoms with van der Waals surface area (Å²) in [5.41, 5.74) is 1.25. The number of amides is 1. The van der Waals surface area contributed by atoms with Gasteiger partial charge < -0.3 is 10.1 Å². The molecule has 0 radical (unpaired) electrons. The second kappa shape index (κ2) is 9.24. The van der Waals surface area contributed by atoms with Gasteiger partial charge in [0.2, 0.25) is 5.91 Å². The van der Waals surface area contributed by atoms with E-state index in [2.05, 4.69) is 28.4 Å². The number of carbonyl (C=O) groups excluding carboxylic acids is 1. The third-order valence-corrected chi connectivity index (χ3v) is 5.94. The maximum absolute atomic E-state index is 12.5. The lowest BCUT2D eigenvalue weighted by Crippen LogP contribution is -2.42. The van der Waals surface area contributed by atoms with Crippen LogP contribution in [0.4, 0.5) is 0 Å². The Bertz CT molecular complexity index is 763. The summed E-state index contributed by atoms with van der Waals surface area (Å²) in [7, 11) is 0. The summed E-state index contributed by atoms with van der Waals surface area (Å²) in [5, 5.41) is 3.27. The molecule has 2 fully saturated rings. The number of benzene rings is 2. The second-order valence-corrected chi connectivity index (χ2v) is 8.10. The summed E-state index contributed by atoms with van der Waals surface area (Å²) in [5.74, 6) is 2.19. The number of hydrogen-bond acceptors (Lipinski definition) is 3. The molecule has 2 aromatic carbocycles. The van der Waals surface area contributed by atoms with Crippen LogP contribution >= 0.6 is 0 Å². The van der Waals surface area contributed by atoms with Crippen LogP contribution in [0.1, 0.15) is 44.1 Å². The van der Waals surface area contributed by atoms with Crippen molar-refractivity contribution in [3.05, 3.63) is 60.2 Å². The van der Waals surface area contributed by atoms with E-state index in [1.165, 1.54) is 18.4 Å². The molecule has 1 saturated heterocycles. The van der Waals surface area contributed by atoms with Gasteiger partial charge in [-0.15, -0.1) is 0 Å². The van der Waals surface area contributed by atoms with E-state index < -0.39 is 0 Å². The lowest BCUT2D eigenvalue weighted by Gasteiger charge is -2.32. The largest absolute Gasteiger partial charge is 0.457 e. The van der Waals surface area contributed by atoms with Crippen LogP contribution in [-0.2, 0) is 11.3 Å². The van der Waals surface area contributed by atoms with Crippen molar-refractivity contribution in [2.24, 2.45) is 5.92 Å². The van der Waals surface area contributed by atoms with Crippen molar-refractivity contribution in [1.29, 1.82) is 0 Å². The molecule has 0 atom stereocenters. The first kappa shape index (κ1) is 19.0.